The van der Waals surface area contributed by atoms with E-state index in [1.807, 2.05) is 32.0 Å². The summed E-state index contributed by atoms with van der Waals surface area (Å²) >= 11 is 1.73. The van der Waals surface area contributed by atoms with Crippen molar-refractivity contribution in [2.75, 3.05) is 6.61 Å². The molecule has 0 aliphatic carbocycles. The molecular formula is C25H36O3S. The Labute approximate surface area is 180 Å². The largest absolute Gasteiger partial charge is 0.465 e. The predicted octanol–water partition coefficient (Wildman–Crippen LogP) is 7.11. The third-order valence-electron chi connectivity index (χ3n) is 5.16. The standard InChI is InChI=1S/C25H36O3S/c1-7-24(26)23-16-20(22(18(4)5)15-17(2)3)10-11-25(23)28-19(6)27-13-12-21-9-8-14-29-21/h8-11,14,16-19,22H,7,12-13,15H2,1-6H3. The van der Waals surface area contributed by atoms with Crippen molar-refractivity contribution in [3.8, 4) is 5.75 Å². The normalized spacial score (nSPS) is 13.7. The number of carbonyl (C=O) groups is 1. The maximum Gasteiger partial charge on any atom is 0.197 e. The van der Waals surface area contributed by atoms with E-state index in [-0.39, 0.29) is 5.78 Å². The number of carbonyl (C=O) groups excluding carboxylic acids is 1. The van der Waals surface area contributed by atoms with E-state index in [2.05, 4.69) is 45.2 Å². The van der Waals surface area contributed by atoms with E-state index in [4.69, 9.17) is 9.47 Å². The Morgan fingerprint density at radius 2 is 1.86 bits per heavy atom. The molecule has 0 amide bonds. The van der Waals surface area contributed by atoms with Crippen LogP contribution in [0.5, 0.6) is 5.75 Å². The fourth-order valence-electron chi connectivity index (χ4n) is 3.58. The van der Waals surface area contributed by atoms with E-state index < -0.39 is 6.29 Å². The number of benzene rings is 1. The third kappa shape index (κ3) is 7.27. The molecule has 0 bridgehead atoms. The van der Waals surface area contributed by atoms with Gasteiger partial charge in [0.1, 0.15) is 5.75 Å². The van der Waals surface area contributed by atoms with E-state index in [1.54, 1.807) is 11.3 Å². The van der Waals surface area contributed by atoms with E-state index in [0.717, 1.165) is 12.8 Å². The van der Waals surface area contributed by atoms with Crippen molar-refractivity contribution < 1.29 is 14.3 Å². The van der Waals surface area contributed by atoms with Crippen molar-refractivity contribution in [2.45, 2.75) is 73.0 Å². The lowest BCUT2D eigenvalue weighted by Gasteiger charge is -2.25. The second kappa shape index (κ2) is 11.5. The summed E-state index contributed by atoms with van der Waals surface area (Å²) in [5.74, 6) is 2.30. The summed E-state index contributed by atoms with van der Waals surface area (Å²) in [6.45, 7) is 13.4. The van der Waals surface area contributed by atoms with E-state index in [1.165, 1.54) is 10.4 Å². The zero-order valence-corrected chi connectivity index (χ0v) is 19.6. The van der Waals surface area contributed by atoms with Crippen molar-refractivity contribution in [3.63, 3.8) is 0 Å². The Bertz CT molecular complexity index is 749. The lowest BCUT2D eigenvalue weighted by molar-refractivity contribution is -0.0654. The molecule has 3 nitrogen and oxygen atoms in total. The number of Topliss-reactive ketones (excluding diaryl/α,β-unsaturated/α-hetero) is 1. The maximum absolute atomic E-state index is 12.6. The van der Waals surface area contributed by atoms with Gasteiger partial charge < -0.3 is 9.47 Å². The Morgan fingerprint density at radius 3 is 2.45 bits per heavy atom. The molecule has 2 aromatic rings. The van der Waals surface area contributed by atoms with Crippen LogP contribution in [-0.4, -0.2) is 18.7 Å². The van der Waals surface area contributed by atoms with Crippen molar-refractivity contribution >= 4 is 17.1 Å². The molecule has 0 fully saturated rings. The molecule has 0 aliphatic rings. The average molecular weight is 417 g/mol. The van der Waals surface area contributed by atoms with E-state index in [9.17, 15) is 4.79 Å². The summed E-state index contributed by atoms with van der Waals surface area (Å²) in [6, 6.07) is 10.3. The Kier molecular flexibility index (Phi) is 9.38. The summed E-state index contributed by atoms with van der Waals surface area (Å²) in [5.41, 5.74) is 1.90. The third-order valence-corrected chi connectivity index (χ3v) is 6.09. The van der Waals surface area contributed by atoms with Gasteiger partial charge in [-0.1, -0.05) is 46.8 Å². The topological polar surface area (TPSA) is 35.5 Å². The Hall–Kier alpha value is -1.65. The highest BCUT2D eigenvalue weighted by molar-refractivity contribution is 7.09. The van der Waals surface area contributed by atoms with Crippen LogP contribution in [0, 0.1) is 11.8 Å². The van der Waals surface area contributed by atoms with E-state index in [0.29, 0.717) is 42.1 Å². The van der Waals surface area contributed by atoms with Gasteiger partial charge in [-0.15, -0.1) is 11.3 Å². The molecule has 0 N–H and O–H groups in total. The molecule has 0 saturated carbocycles. The Balaban J connectivity index is 2.12. The molecule has 0 radical (unpaired) electrons. The van der Waals surface area contributed by atoms with Crippen LogP contribution in [0.25, 0.3) is 0 Å². The second-order valence-corrected chi connectivity index (χ2v) is 9.43. The monoisotopic (exact) mass is 416 g/mol. The molecule has 0 spiro atoms. The molecule has 160 valence electrons. The maximum atomic E-state index is 12.6. The summed E-state index contributed by atoms with van der Waals surface area (Å²) in [4.78, 5) is 13.9. The smallest absolute Gasteiger partial charge is 0.197 e. The number of rotatable bonds is 12. The molecule has 4 heteroatoms. The minimum Gasteiger partial charge on any atom is -0.465 e. The molecule has 0 saturated heterocycles. The molecule has 1 heterocycles. The van der Waals surface area contributed by atoms with Crippen LogP contribution in [0.3, 0.4) is 0 Å². The van der Waals surface area contributed by atoms with Gasteiger partial charge in [0.2, 0.25) is 0 Å². The van der Waals surface area contributed by atoms with Crippen molar-refractivity contribution in [1.29, 1.82) is 0 Å². The van der Waals surface area contributed by atoms with Gasteiger partial charge in [-0.3, -0.25) is 4.79 Å². The van der Waals surface area contributed by atoms with Crippen molar-refractivity contribution in [3.05, 3.63) is 51.7 Å². The van der Waals surface area contributed by atoms with Crippen LogP contribution in [0.4, 0.5) is 0 Å². The number of hydrogen-bond acceptors (Lipinski definition) is 4. The number of hydrogen-bond donors (Lipinski definition) is 0. The van der Waals surface area contributed by atoms with Crippen molar-refractivity contribution in [2.24, 2.45) is 11.8 Å². The Morgan fingerprint density at radius 1 is 1.10 bits per heavy atom. The molecule has 1 aromatic heterocycles. The average Bonchev–Trinajstić information content (AvgIpc) is 3.19. The summed E-state index contributed by atoms with van der Waals surface area (Å²) in [7, 11) is 0. The fourth-order valence-corrected chi connectivity index (χ4v) is 4.27. The highest BCUT2D eigenvalue weighted by Gasteiger charge is 2.21. The molecular weight excluding hydrogens is 380 g/mol. The fraction of sp³-hybridized carbons (Fsp3) is 0.560. The highest BCUT2D eigenvalue weighted by Crippen LogP contribution is 2.34. The van der Waals surface area contributed by atoms with Gasteiger partial charge in [-0.2, -0.15) is 0 Å². The van der Waals surface area contributed by atoms with Crippen LogP contribution in [0.2, 0.25) is 0 Å². The minimum atomic E-state index is -0.402. The highest BCUT2D eigenvalue weighted by atomic mass is 32.1. The first kappa shape index (κ1) is 23.6. The minimum absolute atomic E-state index is 0.111. The first-order chi connectivity index (χ1) is 13.8. The van der Waals surface area contributed by atoms with Crippen LogP contribution in [0.15, 0.2) is 35.7 Å². The number of ether oxygens (including phenoxy) is 2. The quantitative estimate of drug-likeness (QED) is 0.273. The lowest BCUT2D eigenvalue weighted by Crippen LogP contribution is -2.19. The van der Waals surface area contributed by atoms with Crippen molar-refractivity contribution in [1.82, 2.24) is 0 Å². The molecule has 2 unspecified atom stereocenters. The summed E-state index contributed by atoms with van der Waals surface area (Å²) < 4.78 is 11.9. The predicted molar refractivity (Wildman–Crippen MR) is 122 cm³/mol. The van der Waals surface area contributed by atoms with Crippen LogP contribution >= 0.6 is 11.3 Å². The van der Waals surface area contributed by atoms with Gasteiger partial charge in [0.05, 0.1) is 12.2 Å². The number of thiophene rings is 1. The summed E-state index contributed by atoms with van der Waals surface area (Å²) in [6.07, 6.45) is 2.04. The molecule has 1 aromatic carbocycles. The number of ketones is 1. The van der Waals surface area contributed by atoms with Crippen LogP contribution in [0.1, 0.15) is 81.1 Å². The first-order valence-electron chi connectivity index (χ1n) is 10.8. The van der Waals surface area contributed by atoms with Gasteiger partial charge in [0, 0.05) is 17.7 Å². The summed E-state index contributed by atoms with van der Waals surface area (Å²) in [5, 5.41) is 2.07. The molecule has 2 atom stereocenters. The van der Waals surface area contributed by atoms with E-state index >= 15 is 0 Å². The zero-order valence-electron chi connectivity index (χ0n) is 18.7. The zero-order chi connectivity index (χ0) is 21.4. The van der Waals surface area contributed by atoms with Gasteiger partial charge in [0.25, 0.3) is 0 Å². The SMILES string of the molecule is CCC(=O)c1cc(C(CC(C)C)C(C)C)ccc1OC(C)OCCc1cccs1. The van der Waals surface area contributed by atoms with Gasteiger partial charge in [-0.25, -0.2) is 0 Å². The lowest BCUT2D eigenvalue weighted by atomic mass is 9.81. The second-order valence-electron chi connectivity index (χ2n) is 8.40. The van der Waals surface area contributed by atoms with Gasteiger partial charge >= 0.3 is 0 Å². The van der Waals surface area contributed by atoms with Gasteiger partial charge in [-0.05, 0) is 60.2 Å². The van der Waals surface area contributed by atoms with Crippen LogP contribution in [-0.2, 0) is 11.2 Å². The molecule has 29 heavy (non-hydrogen) atoms. The van der Waals surface area contributed by atoms with Crippen LogP contribution < -0.4 is 4.74 Å². The molecule has 0 aliphatic heterocycles. The van der Waals surface area contributed by atoms with Gasteiger partial charge in [0.15, 0.2) is 12.1 Å². The first-order valence-corrected chi connectivity index (χ1v) is 11.7. The molecule has 2 rings (SSSR count).